The fraction of sp³-hybridized carbons (Fsp3) is 0.467. The highest BCUT2D eigenvalue weighted by atomic mass is 14.9. The van der Waals surface area contributed by atoms with E-state index in [1.807, 2.05) is 0 Å². The van der Waals surface area contributed by atoms with Crippen molar-refractivity contribution in [3.63, 3.8) is 0 Å². The molecule has 0 saturated carbocycles. The van der Waals surface area contributed by atoms with Crippen molar-refractivity contribution >= 4 is 16.6 Å². The van der Waals surface area contributed by atoms with E-state index in [-0.39, 0.29) is 0 Å². The van der Waals surface area contributed by atoms with E-state index in [1.54, 1.807) is 0 Å². The van der Waals surface area contributed by atoms with Crippen LogP contribution in [0, 0.1) is 12.8 Å². The number of fused-ring (bicyclic) bond motifs is 1. The summed E-state index contributed by atoms with van der Waals surface area (Å²) in [6, 6.07) is 8.49. The van der Waals surface area contributed by atoms with Gasteiger partial charge in [-0.2, -0.15) is 0 Å². The summed E-state index contributed by atoms with van der Waals surface area (Å²) in [4.78, 5) is 3.43. The third-order valence-corrected chi connectivity index (χ3v) is 3.91. The van der Waals surface area contributed by atoms with Crippen LogP contribution >= 0.6 is 0 Å². The van der Waals surface area contributed by atoms with Gasteiger partial charge in [0.1, 0.15) is 0 Å². The molecule has 1 atom stereocenters. The number of aromatic nitrogens is 1. The van der Waals surface area contributed by atoms with Gasteiger partial charge in [-0.05, 0) is 44.8 Å². The highest BCUT2D eigenvalue weighted by Gasteiger charge is 2.14. The summed E-state index contributed by atoms with van der Waals surface area (Å²) in [5.74, 6) is 0.850. The van der Waals surface area contributed by atoms with Crippen LogP contribution in [0.5, 0.6) is 0 Å². The van der Waals surface area contributed by atoms with Crippen molar-refractivity contribution in [1.82, 2.24) is 10.3 Å². The molecule has 1 aliphatic rings. The van der Waals surface area contributed by atoms with Crippen molar-refractivity contribution < 1.29 is 0 Å². The maximum absolute atomic E-state index is 3.60. The Hall–Kier alpha value is -1.48. The van der Waals surface area contributed by atoms with E-state index in [4.69, 9.17) is 0 Å². The van der Waals surface area contributed by atoms with Gasteiger partial charge in [-0.25, -0.2) is 0 Å². The highest BCUT2D eigenvalue weighted by Crippen LogP contribution is 2.27. The number of aryl methyl sites for hydroxylation is 1. The van der Waals surface area contributed by atoms with E-state index in [0.29, 0.717) is 0 Å². The van der Waals surface area contributed by atoms with Crippen LogP contribution in [0.2, 0.25) is 0 Å². The molecule has 2 heterocycles. The molecular formula is C15H21N3. The molecular weight excluding hydrogens is 222 g/mol. The minimum atomic E-state index is 0.850. The van der Waals surface area contributed by atoms with Gasteiger partial charge in [0.05, 0.1) is 5.69 Å². The minimum Gasteiger partial charge on any atom is -0.383 e. The highest BCUT2D eigenvalue weighted by molar-refractivity contribution is 5.94. The SMILES string of the molecule is Cc1[nH]c2ccccc2c1NCCC1CCNC1. The molecule has 0 bridgehead atoms. The quantitative estimate of drug-likeness (QED) is 0.772. The Kier molecular flexibility index (Phi) is 3.24. The lowest BCUT2D eigenvalue weighted by Gasteiger charge is -2.10. The smallest absolute Gasteiger partial charge is 0.0628 e. The first kappa shape index (κ1) is 11.6. The molecule has 2 aromatic rings. The average molecular weight is 243 g/mol. The fourth-order valence-corrected chi connectivity index (χ4v) is 2.87. The fourth-order valence-electron chi connectivity index (χ4n) is 2.87. The number of anilines is 1. The third-order valence-electron chi connectivity index (χ3n) is 3.91. The Balaban J connectivity index is 1.68. The second-order valence-corrected chi connectivity index (χ2v) is 5.24. The van der Waals surface area contributed by atoms with Crippen LogP contribution in [-0.2, 0) is 0 Å². The molecule has 1 aliphatic heterocycles. The van der Waals surface area contributed by atoms with Crippen LogP contribution in [0.15, 0.2) is 24.3 Å². The van der Waals surface area contributed by atoms with Crippen LogP contribution in [0.4, 0.5) is 5.69 Å². The summed E-state index contributed by atoms with van der Waals surface area (Å²) in [6.45, 7) is 5.58. The molecule has 1 fully saturated rings. The van der Waals surface area contributed by atoms with Crippen LogP contribution < -0.4 is 10.6 Å². The zero-order chi connectivity index (χ0) is 12.4. The number of H-pyrrole nitrogens is 1. The van der Waals surface area contributed by atoms with Crippen molar-refractivity contribution in [1.29, 1.82) is 0 Å². The molecule has 3 nitrogen and oxygen atoms in total. The normalized spacial score (nSPS) is 19.5. The standard InChI is InChI=1S/C15H21N3/c1-11-15(13-4-2-3-5-14(13)18-11)17-9-7-12-6-8-16-10-12/h2-5,12,16-18H,6-10H2,1H3. The molecule has 1 aromatic heterocycles. The van der Waals surface area contributed by atoms with Gasteiger partial charge in [-0.3, -0.25) is 0 Å². The molecule has 0 aliphatic carbocycles. The van der Waals surface area contributed by atoms with Crippen LogP contribution in [0.1, 0.15) is 18.5 Å². The van der Waals surface area contributed by atoms with Crippen molar-refractivity contribution in [3.05, 3.63) is 30.0 Å². The van der Waals surface area contributed by atoms with Gasteiger partial charge in [-0.15, -0.1) is 0 Å². The topological polar surface area (TPSA) is 39.9 Å². The first-order valence-electron chi connectivity index (χ1n) is 6.86. The van der Waals surface area contributed by atoms with Crippen molar-refractivity contribution in [2.75, 3.05) is 25.0 Å². The lowest BCUT2D eigenvalue weighted by atomic mass is 10.1. The lowest BCUT2D eigenvalue weighted by molar-refractivity contribution is 0.549. The van der Waals surface area contributed by atoms with Gasteiger partial charge < -0.3 is 15.6 Å². The molecule has 0 spiro atoms. The number of rotatable bonds is 4. The Morgan fingerprint density at radius 3 is 3.06 bits per heavy atom. The van der Waals surface area contributed by atoms with Crippen molar-refractivity contribution in [2.24, 2.45) is 5.92 Å². The van der Waals surface area contributed by atoms with E-state index < -0.39 is 0 Å². The maximum atomic E-state index is 3.60. The summed E-state index contributed by atoms with van der Waals surface area (Å²) in [7, 11) is 0. The Morgan fingerprint density at radius 2 is 2.22 bits per heavy atom. The summed E-state index contributed by atoms with van der Waals surface area (Å²) in [5.41, 5.74) is 3.73. The Labute approximate surface area is 108 Å². The second-order valence-electron chi connectivity index (χ2n) is 5.24. The molecule has 18 heavy (non-hydrogen) atoms. The van der Waals surface area contributed by atoms with Gasteiger partial charge in [-0.1, -0.05) is 18.2 Å². The van der Waals surface area contributed by atoms with E-state index in [0.717, 1.165) is 12.5 Å². The number of benzene rings is 1. The van der Waals surface area contributed by atoms with E-state index in [1.165, 1.54) is 48.2 Å². The van der Waals surface area contributed by atoms with Gasteiger partial charge in [0.25, 0.3) is 0 Å². The van der Waals surface area contributed by atoms with Crippen LogP contribution in [0.25, 0.3) is 10.9 Å². The van der Waals surface area contributed by atoms with Gasteiger partial charge >= 0.3 is 0 Å². The van der Waals surface area contributed by atoms with Crippen LogP contribution in [-0.4, -0.2) is 24.6 Å². The van der Waals surface area contributed by atoms with Crippen molar-refractivity contribution in [2.45, 2.75) is 19.8 Å². The zero-order valence-corrected chi connectivity index (χ0v) is 10.9. The van der Waals surface area contributed by atoms with Crippen LogP contribution in [0.3, 0.4) is 0 Å². The van der Waals surface area contributed by atoms with Gasteiger partial charge in [0.15, 0.2) is 0 Å². The first-order chi connectivity index (χ1) is 8.84. The van der Waals surface area contributed by atoms with Gasteiger partial charge in [0, 0.05) is 23.1 Å². The Morgan fingerprint density at radius 1 is 1.33 bits per heavy atom. The maximum Gasteiger partial charge on any atom is 0.0628 e. The zero-order valence-electron chi connectivity index (χ0n) is 10.9. The van der Waals surface area contributed by atoms with Crippen molar-refractivity contribution in [3.8, 4) is 0 Å². The monoisotopic (exact) mass is 243 g/mol. The molecule has 96 valence electrons. The minimum absolute atomic E-state index is 0.850. The molecule has 0 amide bonds. The number of hydrogen-bond donors (Lipinski definition) is 3. The largest absolute Gasteiger partial charge is 0.383 e. The molecule has 1 unspecified atom stereocenters. The predicted octanol–water partition coefficient (Wildman–Crippen LogP) is 2.89. The molecule has 0 radical (unpaired) electrons. The summed E-state index contributed by atoms with van der Waals surface area (Å²) in [5, 5.41) is 8.33. The molecule has 3 rings (SSSR count). The number of aromatic amines is 1. The average Bonchev–Trinajstić information content (AvgIpc) is 2.98. The molecule has 3 N–H and O–H groups in total. The van der Waals surface area contributed by atoms with E-state index >= 15 is 0 Å². The predicted molar refractivity (Wildman–Crippen MR) is 77.1 cm³/mol. The first-order valence-corrected chi connectivity index (χ1v) is 6.86. The molecule has 3 heteroatoms. The molecule has 1 saturated heterocycles. The summed E-state index contributed by atoms with van der Waals surface area (Å²) < 4.78 is 0. The Bertz CT molecular complexity index is 524. The summed E-state index contributed by atoms with van der Waals surface area (Å²) in [6.07, 6.45) is 2.58. The molecule has 1 aromatic carbocycles. The lowest BCUT2D eigenvalue weighted by Crippen LogP contribution is -2.12. The third kappa shape index (κ3) is 2.23. The number of nitrogens with one attached hydrogen (secondary N) is 3. The number of para-hydroxylation sites is 1. The number of hydrogen-bond acceptors (Lipinski definition) is 2. The van der Waals surface area contributed by atoms with E-state index in [2.05, 4.69) is 46.8 Å². The van der Waals surface area contributed by atoms with Gasteiger partial charge in [0.2, 0.25) is 0 Å². The second kappa shape index (κ2) is 5.02. The summed E-state index contributed by atoms with van der Waals surface area (Å²) >= 11 is 0. The van der Waals surface area contributed by atoms with E-state index in [9.17, 15) is 0 Å².